The molecular formula is C8H9MgNO5. The van der Waals surface area contributed by atoms with E-state index < -0.39 is 30.3 Å². The Labute approximate surface area is 102 Å². The van der Waals surface area contributed by atoms with Crippen molar-refractivity contribution in [3.05, 3.63) is 12.2 Å². The van der Waals surface area contributed by atoms with Gasteiger partial charge in [-0.3, -0.25) is 4.79 Å². The van der Waals surface area contributed by atoms with Crippen molar-refractivity contribution in [1.29, 1.82) is 0 Å². The van der Waals surface area contributed by atoms with E-state index in [0.717, 1.165) is 0 Å². The van der Waals surface area contributed by atoms with Gasteiger partial charge >= 0.3 is 23.1 Å². The molecule has 0 spiro atoms. The molecule has 7 heteroatoms. The summed E-state index contributed by atoms with van der Waals surface area (Å²) in [6.45, 7) is 4.62. The standard InChI is InChI=1S/C8H11NO5.Mg/c1-4(2)7(12)9-5(8(13)14)3-6(10)11;/h5H,1,3H2,2H3,(H,9,12)(H,10,11)(H,13,14);/q;+2/p-2/t5-;/m1./s1. The molecule has 1 amide bonds. The van der Waals surface area contributed by atoms with Crippen LogP contribution in [0.15, 0.2) is 12.2 Å². The Morgan fingerprint density at radius 3 is 2.07 bits per heavy atom. The van der Waals surface area contributed by atoms with Crippen LogP contribution in [0.3, 0.4) is 0 Å². The van der Waals surface area contributed by atoms with Gasteiger partial charge in [0.25, 0.3) is 0 Å². The van der Waals surface area contributed by atoms with Gasteiger partial charge in [-0.15, -0.1) is 0 Å². The molecule has 0 aromatic rings. The van der Waals surface area contributed by atoms with Crippen molar-refractivity contribution >= 4 is 40.9 Å². The molecule has 1 N–H and O–H groups in total. The summed E-state index contributed by atoms with van der Waals surface area (Å²) in [7, 11) is 0. The number of amides is 1. The number of carbonyl (C=O) groups is 3. The molecule has 15 heavy (non-hydrogen) atoms. The van der Waals surface area contributed by atoms with Gasteiger partial charge in [0.1, 0.15) is 0 Å². The van der Waals surface area contributed by atoms with Gasteiger partial charge in [0, 0.05) is 18.0 Å². The monoisotopic (exact) mass is 223 g/mol. The van der Waals surface area contributed by atoms with Crippen LogP contribution in [0.25, 0.3) is 0 Å². The molecule has 0 aliphatic carbocycles. The van der Waals surface area contributed by atoms with Gasteiger partial charge in [-0.05, 0) is 6.92 Å². The minimum absolute atomic E-state index is 0. The molecule has 78 valence electrons. The molecule has 0 unspecified atom stereocenters. The van der Waals surface area contributed by atoms with Crippen LogP contribution < -0.4 is 15.5 Å². The van der Waals surface area contributed by atoms with Crippen molar-refractivity contribution in [2.24, 2.45) is 0 Å². The van der Waals surface area contributed by atoms with Gasteiger partial charge in [-0.2, -0.15) is 0 Å². The van der Waals surface area contributed by atoms with E-state index in [4.69, 9.17) is 0 Å². The van der Waals surface area contributed by atoms with Gasteiger partial charge in [-0.1, -0.05) is 6.58 Å². The Balaban J connectivity index is 0. The Hall–Kier alpha value is -1.08. The number of hydrogen-bond donors (Lipinski definition) is 1. The van der Waals surface area contributed by atoms with Crippen LogP contribution >= 0.6 is 0 Å². The summed E-state index contributed by atoms with van der Waals surface area (Å²) >= 11 is 0. The average Bonchev–Trinajstić information content (AvgIpc) is 2.01. The van der Waals surface area contributed by atoms with E-state index in [2.05, 4.69) is 6.58 Å². The first-order valence-electron chi connectivity index (χ1n) is 3.71. The number of nitrogens with one attached hydrogen (secondary N) is 1. The molecule has 6 nitrogen and oxygen atoms in total. The fourth-order valence-electron chi connectivity index (χ4n) is 0.641. The van der Waals surface area contributed by atoms with E-state index in [9.17, 15) is 24.6 Å². The molecule has 0 bridgehead atoms. The largest absolute Gasteiger partial charge is 2.00 e. The zero-order valence-electron chi connectivity index (χ0n) is 8.24. The van der Waals surface area contributed by atoms with Crippen molar-refractivity contribution in [2.75, 3.05) is 0 Å². The first-order valence-corrected chi connectivity index (χ1v) is 3.71. The zero-order chi connectivity index (χ0) is 11.3. The molecular weight excluding hydrogens is 214 g/mol. The van der Waals surface area contributed by atoms with Crippen molar-refractivity contribution in [2.45, 2.75) is 19.4 Å². The summed E-state index contributed by atoms with van der Waals surface area (Å²) in [5.74, 6) is -3.99. The van der Waals surface area contributed by atoms with Crippen LogP contribution in [0.4, 0.5) is 0 Å². The Bertz CT molecular complexity index is 289. The van der Waals surface area contributed by atoms with E-state index in [1.54, 1.807) is 0 Å². The third kappa shape index (κ3) is 6.92. The minimum atomic E-state index is -1.68. The second-order valence-corrected chi connectivity index (χ2v) is 2.70. The Kier molecular flexibility index (Phi) is 7.89. The summed E-state index contributed by atoms with van der Waals surface area (Å²) in [5.41, 5.74) is 0.0783. The van der Waals surface area contributed by atoms with Gasteiger partial charge in [0.2, 0.25) is 5.91 Å². The van der Waals surface area contributed by atoms with Gasteiger partial charge in [-0.25, -0.2) is 0 Å². The Morgan fingerprint density at radius 1 is 1.33 bits per heavy atom. The van der Waals surface area contributed by atoms with Crippen LogP contribution in [0.2, 0.25) is 0 Å². The fourth-order valence-corrected chi connectivity index (χ4v) is 0.641. The van der Waals surface area contributed by atoms with Crippen LogP contribution in [0, 0.1) is 0 Å². The first kappa shape index (κ1) is 16.3. The second kappa shape index (κ2) is 7.24. The van der Waals surface area contributed by atoms with Crippen molar-refractivity contribution < 1.29 is 24.6 Å². The molecule has 0 saturated carbocycles. The van der Waals surface area contributed by atoms with Crippen molar-refractivity contribution in [1.82, 2.24) is 5.32 Å². The third-order valence-electron chi connectivity index (χ3n) is 1.35. The molecule has 1 atom stereocenters. The minimum Gasteiger partial charge on any atom is -0.550 e. The molecule has 0 aliphatic rings. The topological polar surface area (TPSA) is 109 Å². The molecule has 0 aromatic carbocycles. The van der Waals surface area contributed by atoms with E-state index in [-0.39, 0.29) is 28.6 Å². The van der Waals surface area contributed by atoms with E-state index in [1.807, 2.05) is 5.32 Å². The van der Waals surface area contributed by atoms with Crippen LogP contribution in [0.1, 0.15) is 13.3 Å². The maximum absolute atomic E-state index is 10.9. The van der Waals surface area contributed by atoms with Crippen LogP contribution in [0.5, 0.6) is 0 Å². The van der Waals surface area contributed by atoms with Crippen molar-refractivity contribution in [3.63, 3.8) is 0 Å². The fraction of sp³-hybridized carbons (Fsp3) is 0.375. The number of carboxylic acids is 2. The normalized spacial score (nSPS) is 10.7. The van der Waals surface area contributed by atoms with Crippen LogP contribution in [-0.4, -0.2) is 46.9 Å². The number of hydrogen-bond acceptors (Lipinski definition) is 5. The van der Waals surface area contributed by atoms with Gasteiger partial charge < -0.3 is 25.1 Å². The van der Waals surface area contributed by atoms with Gasteiger partial charge in [0.15, 0.2) is 0 Å². The molecule has 0 aromatic heterocycles. The molecule has 0 saturated heterocycles. The summed E-state index contributed by atoms with van der Waals surface area (Å²) in [5, 5.41) is 22.4. The predicted octanol–water partition coefficient (Wildman–Crippen LogP) is -3.44. The SMILES string of the molecule is C=C(C)C(=O)N[C@H](CC(=O)[O-])C(=O)[O-].[Mg+2]. The maximum atomic E-state index is 10.9. The number of rotatable bonds is 5. The van der Waals surface area contributed by atoms with E-state index in [0.29, 0.717) is 0 Å². The molecule has 0 aliphatic heterocycles. The summed E-state index contributed by atoms with van der Waals surface area (Å²) in [6, 6.07) is -1.59. The number of carboxylic acid groups (broad SMARTS) is 2. The molecule has 0 fully saturated rings. The van der Waals surface area contributed by atoms with E-state index >= 15 is 0 Å². The number of carbonyl (C=O) groups excluding carboxylic acids is 3. The average molecular weight is 223 g/mol. The smallest absolute Gasteiger partial charge is 0.550 e. The quantitative estimate of drug-likeness (QED) is 0.385. The van der Waals surface area contributed by atoms with Crippen LogP contribution in [-0.2, 0) is 14.4 Å². The molecule has 0 heterocycles. The van der Waals surface area contributed by atoms with E-state index in [1.165, 1.54) is 6.92 Å². The summed E-state index contributed by atoms with van der Waals surface area (Å²) < 4.78 is 0. The predicted molar refractivity (Wildman–Crippen MR) is 47.1 cm³/mol. The second-order valence-electron chi connectivity index (χ2n) is 2.70. The van der Waals surface area contributed by atoms with Gasteiger partial charge in [0.05, 0.1) is 12.0 Å². The third-order valence-corrected chi connectivity index (χ3v) is 1.35. The molecule has 0 rings (SSSR count). The summed E-state index contributed by atoms with van der Waals surface area (Å²) in [4.78, 5) is 31.4. The zero-order valence-corrected chi connectivity index (χ0v) is 9.65. The maximum Gasteiger partial charge on any atom is 2.00 e. The molecule has 0 radical (unpaired) electrons. The summed E-state index contributed by atoms with van der Waals surface area (Å²) in [6.07, 6.45) is -0.832. The first-order chi connectivity index (χ1) is 6.34. The Morgan fingerprint density at radius 2 is 1.80 bits per heavy atom. The van der Waals surface area contributed by atoms with Crippen molar-refractivity contribution in [3.8, 4) is 0 Å². The number of aliphatic carboxylic acids is 2.